The first kappa shape index (κ1) is 24.0. The van der Waals surface area contributed by atoms with Crippen LogP contribution < -0.4 is 10.1 Å². The highest BCUT2D eigenvalue weighted by atomic mass is 19.1. The van der Waals surface area contributed by atoms with Crippen LogP contribution in [-0.4, -0.2) is 53.5 Å². The van der Waals surface area contributed by atoms with Gasteiger partial charge in [-0.3, -0.25) is 9.78 Å². The fraction of sp³-hybridized carbons (Fsp3) is 0.231. The van der Waals surface area contributed by atoms with Crippen molar-refractivity contribution in [3.63, 3.8) is 0 Å². The molecule has 0 atom stereocenters. The molecule has 0 aliphatic rings. The number of rotatable bonds is 8. The smallest absolute Gasteiger partial charge is 0.222 e. The van der Waals surface area contributed by atoms with Crippen LogP contribution in [-0.2, 0) is 4.79 Å². The first-order valence-electron chi connectivity index (χ1n) is 11.1. The first-order chi connectivity index (χ1) is 16.9. The first-order valence-corrected chi connectivity index (χ1v) is 11.1. The molecule has 1 N–H and O–H groups in total. The highest BCUT2D eigenvalue weighted by Gasteiger charge is 2.16. The number of hydrogen-bond acceptors (Lipinski definition) is 6. The van der Waals surface area contributed by atoms with Crippen LogP contribution in [0.3, 0.4) is 0 Å². The van der Waals surface area contributed by atoms with Gasteiger partial charge in [0, 0.05) is 57.0 Å². The SMILES string of the molecule is CNc1nc(-c2cccnc2)nc2c(OCCCC(=O)N(C)C)cc(-c3cc(F)cc(F)c3)cc12. The zero-order valence-corrected chi connectivity index (χ0v) is 19.7. The third-order valence-corrected chi connectivity index (χ3v) is 5.41. The van der Waals surface area contributed by atoms with E-state index in [0.717, 1.165) is 11.6 Å². The van der Waals surface area contributed by atoms with Crippen LogP contribution in [0.1, 0.15) is 12.8 Å². The molecule has 9 heteroatoms. The Balaban J connectivity index is 1.81. The van der Waals surface area contributed by atoms with Crippen molar-refractivity contribution >= 4 is 22.6 Å². The maximum Gasteiger partial charge on any atom is 0.222 e. The van der Waals surface area contributed by atoms with Gasteiger partial charge in [-0.1, -0.05) is 0 Å². The van der Waals surface area contributed by atoms with E-state index in [1.54, 1.807) is 51.7 Å². The number of carbonyl (C=O) groups is 1. The maximum absolute atomic E-state index is 14.0. The molecule has 7 nitrogen and oxygen atoms in total. The van der Waals surface area contributed by atoms with Crippen LogP contribution in [0.15, 0.2) is 54.9 Å². The molecule has 0 radical (unpaired) electrons. The second kappa shape index (κ2) is 10.4. The van der Waals surface area contributed by atoms with Gasteiger partial charge < -0.3 is 15.0 Å². The Kier molecular flexibility index (Phi) is 7.14. The number of hydrogen-bond donors (Lipinski definition) is 1. The molecule has 2 aromatic carbocycles. The summed E-state index contributed by atoms with van der Waals surface area (Å²) < 4.78 is 34.0. The summed E-state index contributed by atoms with van der Waals surface area (Å²) in [6.07, 6.45) is 4.16. The van der Waals surface area contributed by atoms with Crippen LogP contribution in [0.25, 0.3) is 33.4 Å². The molecule has 0 aliphatic heterocycles. The van der Waals surface area contributed by atoms with E-state index in [4.69, 9.17) is 9.72 Å². The summed E-state index contributed by atoms with van der Waals surface area (Å²) in [5, 5.41) is 3.70. The van der Waals surface area contributed by atoms with E-state index in [0.29, 0.717) is 52.3 Å². The Morgan fingerprint density at radius 2 is 1.77 bits per heavy atom. The summed E-state index contributed by atoms with van der Waals surface area (Å²) in [7, 11) is 5.14. The zero-order chi connectivity index (χ0) is 24.9. The summed E-state index contributed by atoms with van der Waals surface area (Å²) >= 11 is 0. The third-order valence-electron chi connectivity index (χ3n) is 5.41. The number of halogens is 2. The number of anilines is 1. The average molecular weight is 478 g/mol. The minimum atomic E-state index is -0.679. The predicted octanol–water partition coefficient (Wildman–Crippen LogP) is 4.93. The molecule has 0 saturated heterocycles. The van der Waals surface area contributed by atoms with E-state index in [2.05, 4.69) is 15.3 Å². The van der Waals surface area contributed by atoms with Crippen LogP contribution in [0.4, 0.5) is 14.6 Å². The number of benzene rings is 2. The van der Waals surface area contributed by atoms with Gasteiger partial charge in [0.05, 0.1) is 6.61 Å². The summed E-state index contributed by atoms with van der Waals surface area (Å²) in [5.41, 5.74) is 2.16. The Morgan fingerprint density at radius 1 is 1.03 bits per heavy atom. The lowest BCUT2D eigenvalue weighted by Gasteiger charge is -2.15. The highest BCUT2D eigenvalue weighted by molar-refractivity contribution is 5.97. The number of amides is 1. The van der Waals surface area contributed by atoms with Gasteiger partial charge in [-0.25, -0.2) is 18.7 Å². The normalized spacial score (nSPS) is 10.9. The van der Waals surface area contributed by atoms with Crippen molar-refractivity contribution in [3.8, 4) is 28.3 Å². The minimum absolute atomic E-state index is 0.00102. The van der Waals surface area contributed by atoms with Gasteiger partial charge in [-0.15, -0.1) is 0 Å². The van der Waals surface area contributed by atoms with Crippen LogP contribution in [0, 0.1) is 11.6 Å². The second-order valence-electron chi connectivity index (χ2n) is 8.16. The number of ether oxygens (including phenoxy) is 1. The molecule has 180 valence electrons. The molecule has 4 aromatic rings. The molecule has 0 spiro atoms. The monoisotopic (exact) mass is 477 g/mol. The van der Waals surface area contributed by atoms with Gasteiger partial charge in [-0.05, 0) is 53.9 Å². The van der Waals surface area contributed by atoms with E-state index in [-0.39, 0.29) is 12.5 Å². The number of pyridine rings is 1. The van der Waals surface area contributed by atoms with E-state index in [1.807, 2.05) is 6.07 Å². The number of aromatic nitrogens is 3. The Labute approximate surface area is 201 Å². The van der Waals surface area contributed by atoms with Gasteiger partial charge in [0.15, 0.2) is 5.82 Å². The fourth-order valence-electron chi connectivity index (χ4n) is 3.64. The number of nitrogens with zero attached hydrogens (tertiary/aromatic N) is 4. The molecule has 35 heavy (non-hydrogen) atoms. The van der Waals surface area contributed by atoms with Crippen molar-refractivity contribution in [1.82, 2.24) is 19.9 Å². The number of fused-ring (bicyclic) bond motifs is 1. The predicted molar refractivity (Wildman–Crippen MR) is 131 cm³/mol. The maximum atomic E-state index is 14.0. The molecule has 0 aliphatic carbocycles. The van der Waals surface area contributed by atoms with Crippen LogP contribution in [0.2, 0.25) is 0 Å². The van der Waals surface area contributed by atoms with Gasteiger partial charge in [-0.2, -0.15) is 0 Å². The quantitative estimate of drug-likeness (QED) is 0.363. The van der Waals surface area contributed by atoms with Gasteiger partial charge in [0.25, 0.3) is 0 Å². The molecule has 0 unspecified atom stereocenters. The number of nitrogens with one attached hydrogen (secondary N) is 1. The lowest BCUT2D eigenvalue weighted by atomic mass is 10.0. The standard InChI is InChI=1S/C26H25F2N5O2/c1-29-26-21-12-18(17-10-19(27)14-20(28)11-17)13-22(35-9-5-7-23(34)33(2)3)24(21)31-25(32-26)16-6-4-8-30-15-16/h4,6,8,10-15H,5,7,9H2,1-3H3,(H,29,31,32). The Morgan fingerprint density at radius 3 is 2.43 bits per heavy atom. The van der Waals surface area contributed by atoms with Crippen molar-refractivity contribution in [2.24, 2.45) is 0 Å². The summed E-state index contributed by atoms with van der Waals surface area (Å²) in [4.78, 5) is 26.9. The van der Waals surface area contributed by atoms with Crippen molar-refractivity contribution in [1.29, 1.82) is 0 Å². The van der Waals surface area contributed by atoms with Gasteiger partial charge in [0.1, 0.15) is 28.7 Å². The van der Waals surface area contributed by atoms with Gasteiger partial charge >= 0.3 is 0 Å². The molecule has 1 amide bonds. The Bertz CT molecular complexity index is 1340. The van der Waals surface area contributed by atoms with Crippen LogP contribution in [0.5, 0.6) is 5.75 Å². The molecular weight excluding hydrogens is 452 g/mol. The lowest BCUT2D eigenvalue weighted by Crippen LogP contribution is -2.21. The van der Waals surface area contributed by atoms with E-state index in [1.165, 1.54) is 17.0 Å². The molecule has 4 rings (SSSR count). The lowest BCUT2D eigenvalue weighted by molar-refractivity contribution is -0.128. The van der Waals surface area contributed by atoms with Crippen molar-refractivity contribution in [3.05, 3.63) is 66.5 Å². The third kappa shape index (κ3) is 5.51. The molecule has 0 saturated carbocycles. The molecular formula is C26H25F2N5O2. The highest BCUT2D eigenvalue weighted by Crippen LogP contribution is 2.36. The van der Waals surface area contributed by atoms with Crippen molar-refractivity contribution in [2.45, 2.75) is 12.8 Å². The summed E-state index contributed by atoms with van der Waals surface area (Å²) in [5.74, 6) is 0.0421. The van der Waals surface area contributed by atoms with Gasteiger partial charge in [0.2, 0.25) is 5.91 Å². The van der Waals surface area contributed by atoms with Crippen molar-refractivity contribution < 1.29 is 18.3 Å². The summed E-state index contributed by atoms with van der Waals surface area (Å²) in [6.45, 7) is 0.261. The molecule has 0 fully saturated rings. The van der Waals surface area contributed by atoms with Crippen LogP contribution >= 0.6 is 0 Å². The average Bonchev–Trinajstić information content (AvgIpc) is 2.85. The van der Waals surface area contributed by atoms with E-state index in [9.17, 15) is 13.6 Å². The largest absolute Gasteiger partial charge is 0.491 e. The summed E-state index contributed by atoms with van der Waals surface area (Å²) in [6, 6.07) is 10.5. The molecule has 0 bridgehead atoms. The Hall–Kier alpha value is -4.14. The minimum Gasteiger partial charge on any atom is -0.491 e. The molecule has 2 aromatic heterocycles. The van der Waals surface area contributed by atoms with E-state index >= 15 is 0 Å². The van der Waals surface area contributed by atoms with Crippen molar-refractivity contribution in [2.75, 3.05) is 33.1 Å². The fourth-order valence-corrected chi connectivity index (χ4v) is 3.64. The number of carbonyl (C=O) groups excluding carboxylic acids is 1. The zero-order valence-electron chi connectivity index (χ0n) is 19.7. The topological polar surface area (TPSA) is 80.2 Å². The van der Waals surface area contributed by atoms with E-state index < -0.39 is 11.6 Å². The second-order valence-corrected chi connectivity index (χ2v) is 8.16. The molecule has 2 heterocycles.